The maximum Gasteiger partial charge on any atom is 0.393 e. The summed E-state index contributed by atoms with van der Waals surface area (Å²) in [6.07, 6.45) is 1.48. The summed E-state index contributed by atoms with van der Waals surface area (Å²) < 4.78 is 4.81. The summed E-state index contributed by atoms with van der Waals surface area (Å²) >= 11 is 0. The van der Waals surface area contributed by atoms with E-state index in [1.807, 2.05) is 0 Å². The van der Waals surface area contributed by atoms with Crippen molar-refractivity contribution in [2.45, 2.75) is 0 Å². The topological polar surface area (TPSA) is 102 Å². The van der Waals surface area contributed by atoms with Crippen molar-refractivity contribution in [1.82, 2.24) is 20.4 Å². The third-order valence-corrected chi connectivity index (χ3v) is 1.40. The SMILES string of the molecule is O=C(O)c1nnc(-c2cccnn2)o1. The predicted octanol–water partition coefficient (Wildman–Crippen LogP) is 0.225. The van der Waals surface area contributed by atoms with Gasteiger partial charge in [-0.25, -0.2) is 4.79 Å². The van der Waals surface area contributed by atoms with E-state index < -0.39 is 11.9 Å². The first-order chi connectivity index (χ1) is 6.77. The van der Waals surface area contributed by atoms with Crippen LogP contribution in [0.25, 0.3) is 11.6 Å². The maximum atomic E-state index is 10.4. The van der Waals surface area contributed by atoms with Crippen molar-refractivity contribution in [2.75, 3.05) is 0 Å². The molecule has 14 heavy (non-hydrogen) atoms. The molecule has 7 nitrogen and oxygen atoms in total. The highest BCUT2D eigenvalue weighted by Gasteiger charge is 2.14. The molecular weight excluding hydrogens is 188 g/mol. The highest BCUT2D eigenvalue weighted by molar-refractivity contribution is 5.82. The fourth-order valence-electron chi connectivity index (χ4n) is 0.829. The van der Waals surface area contributed by atoms with E-state index in [1.165, 1.54) is 6.20 Å². The van der Waals surface area contributed by atoms with Gasteiger partial charge in [0.1, 0.15) is 5.69 Å². The standard InChI is InChI=1S/C7H4N4O3/c12-7(13)6-11-10-5(14-6)4-2-1-3-8-9-4/h1-3H,(H,12,13). The number of aromatic carboxylic acids is 1. The summed E-state index contributed by atoms with van der Waals surface area (Å²) in [7, 11) is 0. The van der Waals surface area contributed by atoms with Gasteiger partial charge in [0, 0.05) is 6.20 Å². The minimum atomic E-state index is -1.27. The Hall–Kier alpha value is -2.31. The van der Waals surface area contributed by atoms with Crippen molar-refractivity contribution in [1.29, 1.82) is 0 Å². The Bertz CT molecular complexity index is 453. The van der Waals surface area contributed by atoms with Crippen molar-refractivity contribution in [2.24, 2.45) is 0 Å². The summed E-state index contributed by atoms with van der Waals surface area (Å²) in [6, 6.07) is 3.22. The smallest absolute Gasteiger partial charge is 0.393 e. The van der Waals surface area contributed by atoms with Crippen LogP contribution in [0.3, 0.4) is 0 Å². The second-order valence-electron chi connectivity index (χ2n) is 2.33. The Morgan fingerprint density at radius 2 is 2.21 bits per heavy atom. The maximum absolute atomic E-state index is 10.4. The van der Waals surface area contributed by atoms with Crippen LogP contribution in [0.2, 0.25) is 0 Å². The van der Waals surface area contributed by atoms with Crippen molar-refractivity contribution in [3.63, 3.8) is 0 Å². The minimum absolute atomic E-state index is 0.0375. The molecule has 0 saturated carbocycles. The van der Waals surface area contributed by atoms with Gasteiger partial charge in [-0.1, -0.05) is 0 Å². The molecular formula is C7H4N4O3. The van der Waals surface area contributed by atoms with Crippen LogP contribution < -0.4 is 0 Å². The number of nitrogens with zero attached hydrogens (tertiary/aromatic N) is 4. The van der Waals surface area contributed by atoms with Gasteiger partial charge in [-0.2, -0.15) is 5.10 Å². The molecule has 0 radical (unpaired) electrons. The van der Waals surface area contributed by atoms with Crippen molar-refractivity contribution >= 4 is 5.97 Å². The third kappa shape index (κ3) is 1.42. The van der Waals surface area contributed by atoms with Gasteiger partial charge in [-0.3, -0.25) is 0 Å². The van der Waals surface area contributed by atoms with E-state index in [1.54, 1.807) is 12.1 Å². The van der Waals surface area contributed by atoms with Gasteiger partial charge >= 0.3 is 11.9 Å². The lowest BCUT2D eigenvalue weighted by atomic mass is 10.4. The molecule has 0 aliphatic rings. The van der Waals surface area contributed by atoms with Gasteiger partial charge in [0.2, 0.25) is 0 Å². The monoisotopic (exact) mass is 192 g/mol. The molecule has 0 amide bonds. The molecule has 70 valence electrons. The van der Waals surface area contributed by atoms with Crippen LogP contribution in [0, 0.1) is 0 Å². The molecule has 0 aliphatic heterocycles. The lowest BCUT2D eigenvalue weighted by molar-refractivity contribution is 0.0654. The van der Waals surface area contributed by atoms with Crippen LogP contribution in [-0.2, 0) is 0 Å². The van der Waals surface area contributed by atoms with Crippen molar-refractivity contribution < 1.29 is 14.3 Å². The number of carbonyl (C=O) groups is 1. The lowest BCUT2D eigenvalue weighted by Gasteiger charge is -1.88. The molecule has 0 unspecified atom stereocenters. The quantitative estimate of drug-likeness (QED) is 0.726. The molecule has 7 heteroatoms. The predicted molar refractivity (Wildman–Crippen MR) is 42.3 cm³/mol. The Labute approximate surface area is 77.4 Å². The number of hydrogen-bond acceptors (Lipinski definition) is 6. The van der Waals surface area contributed by atoms with Crippen LogP contribution in [0.15, 0.2) is 22.7 Å². The molecule has 1 N–H and O–H groups in total. The number of carboxylic acids is 1. The number of rotatable bonds is 2. The van der Waals surface area contributed by atoms with E-state index in [0.29, 0.717) is 5.69 Å². The molecule has 0 spiro atoms. The van der Waals surface area contributed by atoms with E-state index in [4.69, 9.17) is 9.52 Å². The first-order valence-electron chi connectivity index (χ1n) is 3.62. The zero-order valence-electron chi connectivity index (χ0n) is 6.78. The fraction of sp³-hybridized carbons (Fsp3) is 0. The summed E-state index contributed by atoms with van der Waals surface area (Å²) in [4.78, 5) is 10.4. The zero-order chi connectivity index (χ0) is 9.97. The van der Waals surface area contributed by atoms with Crippen LogP contribution in [0.4, 0.5) is 0 Å². The molecule has 0 fully saturated rings. The second-order valence-corrected chi connectivity index (χ2v) is 2.33. The number of hydrogen-bond donors (Lipinski definition) is 1. The van der Waals surface area contributed by atoms with Gasteiger partial charge in [-0.05, 0) is 12.1 Å². The number of aromatic nitrogens is 4. The van der Waals surface area contributed by atoms with Crippen molar-refractivity contribution in [3.8, 4) is 11.6 Å². The molecule has 2 aromatic heterocycles. The summed E-state index contributed by atoms with van der Waals surface area (Å²) in [5.41, 5.74) is 0.340. The van der Waals surface area contributed by atoms with Gasteiger partial charge in [0.05, 0.1) is 0 Å². The Morgan fingerprint density at radius 3 is 2.79 bits per heavy atom. The lowest BCUT2D eigenvalue weighted by Crippen LogP contribution is -1.95. The first-order valence-corrected chi connectivity index (χ1v) is 3.62. The normalized spacial score (nSPS) is 10.0. The average Bonchev–Trinajstić information content (AvgIpc) is 2.68. The van der Waals surface area contributed by atoms with E-state index in [0.717, 1.165) is 0 Å². The van der Waals surface area contributed by atoms with Crippen molar-refractivity contribution in [3.05, 3.63) is 24.2 Å². The van der Waals surface area contributed by atoms with Crippen LogP contribution >= 0.6 is 0 Å². The zero-order valence-corrected chi connectivity index (χ0v) is 6.78. The third-order valence-electron chi connectivity index (χ3n) is 1.40. The fourth-order valence-corrected chi connectivity index (χ4v) is 0.829. The van der Waals surface area contributed by atoms with Gasteiger partial charge in [0.15, 0.2) is 0 Å². The molecule has 0 aromatic carbocycles. The van der Waals surface area contributed by atoms with Gasteiger partial charge in [-0.15, -0.1) is 15.3 Å². The molecule has 0 bridgehead atoms. The molecule has 2 aromatic rings. The van der Waals surface area contributed by atoms with E-state index in [-0.39, 0.29) is 5.89 Å². The van der Waals surface area contributed by atoms with Crippen LogP contribution in [-0.4, -0.2) is 31.5 Å². The molecule has 0 atom stereocenters. The molecule has 0 saturated heterocycles. The molecule has 2 rings (SSSR count). The van der Waals surface area contributed by atoms with Crippen LogP contribution in [0.5, 0.6) is 0 Å². The highest BCUT2D eigenvalue weighted by atomic mass is 16.4. The first kappa shape index (κ1) is 8.30. The molecule has 2 heterocycles. The Morgan fingerprint density at radius 1 is 1.36 bits per heavy atom. The largest absolute Gasteiger partial charge is 0.474 e. The summed E-state index contributed by atoms with van der Waals surface area (Å²) in [6.45, 7) is 0. The van der Waals surface area contributed by atoms with Gasteiger partial charge < -0.3 is 9.52 Å². The van der Waals surface area contributed by atoms with E-state index >= 15 is 0 Å². The van der Waals surface area contributed by atoms with Crippen LogP contribution in [0.1, 0.15) is 10.7 Å². The number of carboxylic acid groups (broad SMARTS) is 1. The average molecular weight is 192 g/mol. The minimum Gasteiger partial charge on any atom is -0.474 e. The van der Waals surface area contributed by atoms with E-state index in [9.17, 15) is 4.79 Å². The molecule has 0 aliphatic carbocycles. The summed E-state index contributed by atoms with van der Waals surface area (Å²) in [5, 5.41) is 22.6. The Balaban J connectivity index is 2.39. The van der Waals surface area contributed by atoms with E-state index in [2.05, 4.69) is 20.4 Å². The highest BCUT2D eigenvalue weighted by Crippen LogP contribution is 2.12. The Kier molecular flexibility index (Phi) is 1.90. The summed E-state index contributed by atoms with van der Waals surface area (Å²) in [5.74, 6) is -1.70. The van der Waals surface area contributed by atoms with Gasteiger partial charge in [0.25, 0.3) is 5.89 Å². The second kappa shape index (κ2) is 3.21.